The van der Waals surface area contributed by atoms with E-state index in [9.17, 15) is 22.8 Å². The van der Waals surface area contributed by atoms with Crippen molar-refractivity contribution in [1.82, 2.24) is 19.6 Å². The number of nitrogens with one attached hydrogen (secondary N) is 1. The third-order valence-electron chi connectivity index (χ3n) is 2.94. The predicted octanol–water partition coefficient (Wildman–Crippen LogP) is 0.848. The molecule has 1 atom stereocenters. The lowest BCUT2D eigenvalue weighted by Crippen LogP contribution is -2.31. The molecule has 2 amide bonds. The number of anilines is 1. The summed E-state index contributed by atoms with van der Waals surface area (Å²) in [5, 5.41) is 9.46. The van der Waals surface area contributed by atoms with E-state index in [0.717, 1.165) is 6.20 Å². The highest BCUT2D eigenvalue weighted by Crippen LogP contribution is 2.32. The molecule has 0 bridgehead atoms. The Kier molecular flexibility index (Phi) is 4.38. The molecule has 2 heterocycles. The quantitative estimate of drug-likeness (QED) is 0.847. The molecule has 0 fully saturated rings. The Morgan fingerprint density at radius 3 is 2.65 bits per heavy atom. The van der Waals surface area contributed by atoms with Crippen molar-refractivity contribution in [3.63, 3.8) is 0 Å². The number of alkyl halides is 3. The molecule has 0 aliphatic rings. The van der Waals surface area contributed by atoms with Crippen LogP contribution in [0.3, 0.4) is 0 Å². The maximum absolute atomic E-state index is 13.1. The van der Waals surface area contributed by atoms with Crippen LogP contribution in [-0.2, 0) is 11.8 Å². The number of amides is 2. The normalized spacial score (nSPS) is 12.9. The SMILES string of the molecule is Cn1cc(NC(=O)C[C@H](n2cccn2)C(F)(F)F)c(C(N)=O)n1. The van der Waals surface area contributed by atoms with Crippen LogP contribution in [-0.4, -0.2) is 37.6 Å². The molecule has 0 saturated carbocycles. The molecule has 3 N–H and O–H groups in total. The number of carbonyl (C=O) groups excluding carboxylic acids is 2. The third-order valence-corrected chi connectivity index (χ3v) is 2.94. The van der Waals surface area contributed by atoms with Crippen LogP contribution in [0.15, 0.2) is 24.7 Å². The minimum atomic E-state index is -4.66. The van der Waals surface area contributed by atoms with Crippen molar-refractivity contribution < 1.29 is 22.8 Å². The Bertz CT molecular complexity index is 707. The van der Waals surface area contributed by atoms with Gasteiger partial charge < -0.3 is 11.1 Å². The van der Waals surface area contributed by atoms with Crippen molar-refractivity contribution in [3.05, 3.63) is 30.4 Å². The summed E-state index contributed by atoms with van der Waals surface area (Å²) in [6.45, 7) is 0. The molecule has 0 aliphatic carbocycles. The van der Waals surface area contributed by atoms with E-state index in [1.807, 2.05) is 0 Å². The van der Waals surface area contributed by atoms with E-state index in [4.69, 9.17) is 5.73 Å². The first-order chi connectivity index (χ1) is 10.7. The van der Waals surface area contributed by atoms with Crippen LogP contribution in [0.25, 0.3) is 0 Å². The number of aryl methyl sites for hydroxylation is 1. The van der Waals surface area contributed by atoms with Gasteiger partial charge in [-0.3, -0.25) is 19.0 Å². The molecule has 23 heavy (non-hydrogen) atoms. The number of primary amides is 1. The molecule has 0 unspecified atom stereocenters. The molecule has 0 aromatic carbocycles. The van der Waals surface area contributed by atoms with E-state index >= 15 is 0 Å². The van der Waals surface area contributed by atoms with Crippen molar-refractivity contribution in [1.29, 1.82) is 0 Å². The van der Waals surface area contributed by atoms with E-state index < -0.39 is 30.5 Å². The van der Waals surface area contributed by atoms with E-state index in [1.54, 1.807) is 0 Å². The number of carbonyl (C=O) groups is 2. The first kappa shape index (κ1) is 16.5. The van der Waals surface area contributed by atoms with Crippen molar-refractivity contribution >= 4 is 17.5 Å². The second kappa shape index (κ2) is 6.10. The number of nitrogens with two attached hydrogens (primary N) is 1. The summed E-state index contributed by atoms with van der Waals surface area (Å²) in [6.07, 6.45) is -2.00. The van der Waals surface area contributed by atoms with Crippen molar-refractivity contribution in [2.75, 3.05) is 5.32 Å². The molecule has 8 nitrogen and oxygen atoms in total. The number of aromatic nitrogens is 4. The van der Waals surface area contributed by atoms with Crippen LogP contribution < -0.4 is 11.1 Å². The molecule has 11 heteroatoms. The number of rotatable bonds is 5. The minimum absolute atomic E-state index is 0.0496. The van der Waals surface area contributed by atoms with Gasteiger partial charge in [-0.15, -0.1) is 0 Å². The Morgan fingerprint density at radius 1 is 1.43 bits per heavy atom. The molecule has 2 aromatic heterocycles. The summed E-state index contributed by atoms with van der Waals surface area (Å²) in [4.78, 5) is 23.1. The van der Waals surface area contributed by atoms with Gasteiger partial charge in [0.2, 0.25) is 5.91 Å². The molecule has 0 saturated heterocycles. The fourth-order valence-corrected chi connectivity index (χ4v) is 1.96. The summed E-state index contributed by atoms with van der Waals surface area (Å²) in [7, 11) is 1.48. The van der Waals surface area contributed by atoms with Gasteiger partial charge in [-0.1, -0.05) is 0 Å². The Morgan fingerprint density at radius 2 is 2.13 bits per heavy atom. The highest BCUT2D eigenvalue weighted by atomic mass is 19.4. The summed E-state index contributed by atoms with van der Waals surface area (Å²) in [6, 6.07) is -0.797. The van der Waals surface area contributed by atoms with Crippen LogP contribution in [0, 0.1) is 0 Å². The zero-order valence-corrected chi connectivity index (χ0v) is 11.9. The second-order valence-electron chi connectivity index (χ2n) is 4.73. The Balaban J connectivity index is 2.16. The standard InChI is InChI=1S/C12H13F3N6O2/c1-20-6-7(10(19-20)11(16)23)18-9(22)5-8(12(13,14)15)21-4-2-3-17-21/h2-4,6,8H,5H2,1H3,(H2,16,23)(H,18,22)/t8-/m0/s1. The number of hydrogen-bond donors (Lipinski definition) is 2. The Hall–Kier alpha value is -2.85. The lowest BCUT2D eigenvalue weighted by atomic mass is 10.2. The van der Waals surface area contributed by atoms with Gasteiger partial charge in [-0.2, -0.15) is 23.4 Å². The van der Waals surface area contributed by atoms with E-state index in [1.165, 1.54) is 30.2 Å². The molecule has 0 spiro atoms. The molecule has 2 rings (SSSR count). The summed E-state index contributed by atoms with van der Waals surface area (Å²) in [5.74, 6) is -1.85. The van der Waals surface area contributed by atoms with Gasteiger partial charge in [0.1, 0.15) is 0 Å². The van der Waals surface area contributed by atoms with Gasteiger partial charge in [0, 0.05) is 25.6 Å². The van der Waals surface area contributed by atoms with Crippen molar-refractivity contribution in [2.45, 2.75) is 18.6 Å². The van der Waals surface area contributed by atoms with Gasteiger partial charge in [0.05, 0.1) is 12.1 Å². The summed E-state index contributed by atoms with van der Waals surface area (Å²) >= 11 is 0. The molecule has 0 aliphatic heterocycles. The fourth-order valence-electron chi connectivity index (χ4n) is 1.96. The smallest absolute Gasteiger partial charge is 0.364 e. The van der Waals surface area contributed by atoms with Crippen molar-refractivity contribution in [2.24, 2.45) is 12.8 Å². The molecular formula is C12H13F3N6O2. The topological polar surface area (TPSA) is 108 Å². The number of nitrogens with zero attached hydrogens (tertiary/aromatic N) is 4. The van der Waals surface area contributed by atoms with Gasteiger partial charge in [0.15, 0.2) is 11.7 Å². The maximum atomic E-state index is 13.1. The maximum Gasteiger partial charge on any atom is 0.411 e. The summed E-state index contributed by atoms with van der Waals surface area (Å²) < 4.78 is 41.1. The second-order valence-corrected chi connectivity index (χ2v) is 4.73. The van der Waals surface area contributed by atoms with Crippen LogP contribution in [0.1, 0.15) is 23.0 Å². The average molecular weight is 330 g/mol. The molecule has 0 radical (unpaired) electrons. The zero-order valence-electron chi connectivity index (χ0n) is 11.9. The van der Waals surface area contributed by atoms with Crippen molar-refractivity contribution in [3.8, 4) is 0 Å². The Labute approximate surface area is 128 Å². The van der Waals surface area contributed by atoms with Gasteiger partial charge in [0.25, 0.3) is 5.91 Å². The number of halogens is 3. The van der Waals surface area contributed by atoms with Crippen LogP contribution >= 0.6 is 0 Å². The van der Waals surface area contributed by atoms with E-state index in [2.05, 4.69) is 15.5 Å². The highest BCUT2D eigenvalue weighted by Gasteiger charge is 2.42. The minimum Gasteiger partial charge on any atom is -0.364 e. The van der Waals surface area contributed by atoms with Crippen LogP contribution in [0.2, 0.25) is 0 Å². The predicted molar refractivity (Wildman–Crippen MR) is 72.3 cm³/mol. The molecule has 124 valence electrons. The monoisotopic (exact) mass is 330 g/mol. The average Bonchev–Trinajstić information content (AvgIpc) is 3.04. The van der Waals surface area contributed by atoms with Gasteiger partial charge in [-0.25, -0.2) is 0 Å². The number of hydrogen-bond acceptors (Lipinski definition) is 4. The van der Waals surface area contributed by atoms with E-state index in [0.29, 0.717) is 4.68 Å². The largest absolute Gasteiger partial charge is 0.411 e. The first-order valence-electron chi connectivity index (χ1n) is 6.37. The lowest BCUT2D eigenvalue weighted by molar-refractivity contribution is -0.174. The zero-order chi connectivity index (χ0) is 17.2. The van der Waals surface area contributed by atoms with Gasteiger partial charge >= 0.3 is 6.18 Å². The summed E-state index contributed by atoms with van der Waals surface area (Å²) in [5.41, 5.74) is 4.81. The fraction of sp³-hybridized carbons (Fsp3) is 0.333. The highest BCUT2D eigenvalue weighted by molar-refractivity contribution is 6.01. The van der Waals surface area contributed by atoms with Gasteiger partial charge in [-0.05, 0) is 6.07 Å². The first-order valence-corrected chi connectivity index (χ1v) is 6.37. The molecule has 2 aromatic rings. The van der Waals surface area contributed by atoms with E-state index in [-0.39, 0.29) is 11.4 Å². The third kappa shape index (κ3) is 3.87. The van der Waals surface area contributed by atoms with Crippen LogP contribution in [0.5, 0.6) is 0 Å². The lowest BCUT2D eigenvalue weighted by Gasteiger charge is -2.20. The van der Waals surface area contributed by atoms with Crippen LogP contribution in [0.4, 0.5) is 18.9 Å². The molecular weight excluding hydrogens is 317 g/mol.